The molecule has 0 aromatic heterocycles. The number of carbonyl (C=O) groups excluding carboxylic acids is 1. The van der Waals surface area contributed by atoms with Gasteiger partial charge in [0.2, 0.25) is 11.5 Å². The molecule has 0 saturated heterocycles. The van der Waals surface area contributed by atoms with Gasteiger partial charge in [0.15, 0.2) is 23.0 Å². The summed E-state index contributed by atoms with van der Waals surface area (Å²) in [7, 11) is 0. The van der Waals surface area contributed by atoms with E-state index in [1.165, 1.54) is 270 Å². The molecule has 2 aromatic carbocycles. The lowest BCUT2D eigenvalue weighted by atomic mass is 10.1. The number of nitrogens with zero attached hydrogens (tertiary/aromatic N) is 1. The van der Waals surface area contributed by atoms with Crippen LogP contribution in [-0.2, 0) is 0 Å². The average molecular weight is 1250 g/mol. The smallest absolute Gasteiger partial charge is 0.271 e. The quantitative estimate of drug-likeness (QED) is 0.0400. The average Bonchev–Trinajstić information content (AvgIpc) is 1.91. The van der Waals surface area contributed by atoms with Crippen LogP contribution in [0.3, 0.4) is 0 Å². The van der Waals surface area contributed by atoms with E-state index in [0.29, 0.717) is 74.0 Å². The summed E-state index contributed by atoms with van der Waals surface area (Å²) in [5.74, 6) is 3.40. The second-order valence-corrected chi connectivity index (χ2v) is 26.4. The first-order chi connectivity index (χ1) is 44.0. The third-order valence-corrected chi connectivity index (χ3v) is 17.8. The van der Waals surface area contributed by atoms with Gasteiger partial charge in [-0.15, -0.1) is 0 Å². The maximum Gasteiger partial charge on any atom is 0.271 e. The Hall–Kier alpha value is -3.62. The van der Waals surface area contributed by atoms with Crippen LogP contribution >= 0.6 is 0 Å². The molecule has 0 aliphatic rings. The molecule has 0 aliphatic heterocycles. The number of nitrogens with one attached hydrogen (secondary N) is 1. The van der Waals surface area contributed by atoms with Gasteiger partial charge in [-0.3, -0.25) is 4.79 Å². The van der Waals surface area contributed by atoms with E-state index in [4.69, 9.17) is 28.4 Å². The van der Waals surface area contributed by atoms with Crippen LogP contribution in [0.15, 0.2) is 29.4 Å². The van der Waals surface area contributed by atoms with Crippen molar-refractivity contribution < 1.29 is 33.2 Å². The van der Waals surface area contributed by atoms with Crippen LogP contribution in [0.25, 0.3) is 0 Å². The van der Waals surface area contributed by atoms with Gasteiger partial charge in [0.25, 0.3) is 5.91 Å². The van der Waals surface area contributed by atoms with Gasteiger partial charge in [-0.05, 0) is 62.8 Å². The Morgan fingerprint density at radius 1 is 0.292 bits per heavy atom. The van der Waals surface area contributed by atoms with Crippen LogP contribution in [0.2, 0.25) is 0 Å². The van der Waals surface area contributed by atoms with E-state index in [1.54, 1.807) is 6.21 Å². The lowest BCUT2D eigenvalue weighted by Crippen LogP contribution is -2.18. The molecule has 0 spiro atoms. The minimum Gasteiger partial charge on any atom is -0.490 e. The van der Waals surface area contributed by atoms with Crippen molar-refractivity contribution >= 4 is 12.1 Å². The van der Waals surface area contributed by atoms with Gasteiger partial charge in [-0.1, -0.05) is 350 Å². The molecule has 1 amide bonds. The van der Waals surface area contributed by atoms with Crippen LogP contribution < -0.4 is 33.8 Å². The van der Waals surface area contributed by atoms with Crippen molar-refractivity contribution in [2.75, 3.05) is 39.6 Å². The fourth-order valence-corrected chi connectivity index (χ4v) is 11.9. The summed E-state index contributed by atoms with van der Waals surface area (Å²) in [4.78, 5) is 14.5. The number of hydrogen-bond donors (Lipinski definition) is 1. The van der Waals surface area contributed by atoms with E-state index in [1.807, 2.05) is 24.3 Å². The van der Waals surface area contributed by atoms with Crippen LogP contribution in [0, 0.1) is 0 Å². The largest absolute Gasteiger partial charge is 0.490 e. The zero-order chi connectivity index (χ0) is 63.8. The Morgan fingerprint density at radius 3 is 0.820 bits per heavy atom. The van der Waals surface area contributed by atoms with Crippen molar-refractivity contribution in [2.24, 2.45) is 5.10 Å². The molecule has 9 heteroatoms. The fraction of sp³-hybridized carbons (Fsp3) is 0.825. The van der Waals surface area contributed by atoms with Gasteiger partial charge in [-0.25, -0.2) is 5.43 Å². The summed E-state index contributed by atoms with van der Waals surface area (Å²) in [6.07, 6.45) is 68.9. The standard InChI is InChI=1S/C80H144N2O7/c1-7-13-19-25-31-37-40-46-49-55-63-84-74-62-61-72(77(87-66-58-52-47-41-38-32-26-20-14-8-2)79(74)89-68-60-54-48-42-39-33-27-21-15-9-3)71-81-82-80(83)73-69-75(85-64-56-50-43-34-28-22-16-10-4)78(88-67-59-53-45-36-30-24-18-12-6)76(70-73)86-65-57-51-44-35-29-23-17-11-5/h61-62,69-71H,7-60,63-68H2,1-6H3,(H,82,83)/b81-71+. The molecule has 1 N–H and O–H groups in total. The van der Waals surface area contributed by atoms with Crippen molar-refractivity contribution in [1.29, 1.82) is 0 Å². The highest BCUT2D eigenvalue weighted by Crippen LogP contribution is 2.42. The summed E-state index contributed by atoms with van der Waals surface area (Å²) in [6, 6.07) is 7.70. The topological polar surface area (TPSA) is 96.8 Å². The van der Waals surface area contributed by atoms with E-state index in [9.17, 15) is 4.79 Å². The zero-order valence-electron chi connectivity index (χ0n) is 59.6. The van der Waals surface area contributed by atoms with Crippen LogP contribution in [0.1, 0.15) is 404 Å². The monoisotopic (exact) mass is 1250 g/mol. The molecule has 2 rings (SSSR count). The number of unbranched alkanes of at least 4 members (excludes halogenated alkanes) is 48. The lowest BCUT2D eigenvalue weighted by Gasteiger charge is -2.19. The molecule has 0 fully saturated rings. The molecular weight excluding hydrogens is 1100 g/mol. The Balaban J connectivity index is 2.47. The van der Waals surface area contributed by atoms with Crippen LogP contribution in [0.4, 0.5) is 0 Å². The number of hydrazone groups is 1. The second-order valence-electron chi connectivity index (χ2n) is 26.4. The number of hydrogen-bond acceptors (Lipinski definition) is 8. The van der Waals surface area contributed by atoms with Gasteiger partial charge in [0.1, 0.15) is 0 Å². The van der Waals surface area contributed by atoms with Gasteiger partial charge >= 0.3 is 0 Å². The predicted octanol–water partition coefficient (Wildman–Crippen LogP) is 25.9. The molecule has 0 radical (unpaired) electrons. The van der Waals surface area contributed by atoms with E-state index in [0.717, 1.165) is 88.4 Å². The minimum atomic E-state index is -0.341. The van der Waals surface area contributed by atoms with Crippen molar-refractivity contribution in [1.82, 2.24) is 5.43 Å². The summed E-state index contributed by atoms with van der Waals surface area (Å²) < 4.78 is 40.1. The molecule has 0 aliphatic carbocycles. The molecule has 0 heterocycles. The Bertz CT molecular complexity index is 1840. The highest BCUT2D eigenvalue weighted by Gasteiger charge is 2.21. The van der Waals surface area contributed by atoms with Gasteiger partial charge in [-0.2, -0.15) is 5.10 Å². The Labute approximate surface area is 551 Å². The summed E-state index contributed by atoms with van der Waals surface area (Å²) >= 11 is 0. The minimum absolute atomic E-state index is 0.341. The number of benzene rings is 2. The van der Waals surface area contributed by atoms with Crippen LogP contribution in [0.5, 0.6) is 34.5 Å². The molecule has 0 unspecified atom stereocenters. The first-order valence-electron chi connectivity index (χ1n) is 39.0. The van der Waals surface area contributed by atoms with Gasteiger partial charge < -0.3 is 28.4 Å². The van der Waals surface area contributed by atoms with Crippen LogP contribution in [-0.4, -0.2) is 51.8 Å². The predicted molar refractivity (Wildman–Crippen MR) is 384 cm³/mol. The summed E-state index contributed by atoms with van der Waals surface area (Å²) in [5.41, 5.74) is 4.07. The number of carbonyl (C=O) groups is 1. The number of ether oxygens (including phenoxy) is 6. The molecule has 516 valence electrons. The molecule has 0 saturated carbocycles. The highest BCUT2D eigenvalue weighted by atomic mass is 16.5. The van der Waals surface area contributed by atoms with Gasteiger partial charge in [0, 0.05) is 11.1 Å². The molecule has 9 nitrogen and oxygen atoms in total. The number of amides is 1. The molecule has 0 bridgehead atoms. The third-order valence-electron chi connectivity index (χ3n) is 17.8. The van der Waals surface area contributed by atoms with Crippen molar-refractivity contribution in [2.45, 2.75) is 388 Å². The summed E-state index contributed by atoms with van der Waals surface area (Å²) in [5, 5.41) is 4.66. The van der Waals surface area contributed by atoms with E-state index >= 15 is 0 Å². The summed E-state index contributed by atoms with van der Waals surface area (Å²) in [6.45, 7) is 17.1. The lowest BCUT2D eigenvalue weighted by molar-refractivity contribution is 0.0953. The first kappa shape index (κ1) is 81.5. The van der Waals surface area contributed by atoms with E-state index in [-0.39, 0.29) is 5.91 Å². The third kappa shape index (κ3) is 46.2. The van der Waals surface area contributed by atoms with Crippen molar-refractivity contribution in [3.05, 3.63) is 35.4 Å². The van der Waals surface area contributed by atoms with E-state index < -0.39 is 0 Å². The zero-order valence-corrected chi connectivity index (χ0v) is 59.6. The fourth-order valence-electron chi connectivity index (χ4n) is 11.9. The molecule has 89 heavy (non-hydrogen) atoms. The second kappa shape index (κ2) is 63.2. The van der Waals surface area contributed by atoms with Gasteiger partial charge in [0.05, 0.1) is 45.9 Å². The molecule has 0 atom stereocenters. The highest BCUT2D eigenvalue weighted by molar-refractivity contribution is 5.96. The normalized spacial score (nSPS) is 11.5. The molecular formula is C80H144N2O7. The van der Waals surface area contributed by atoms with Crippen molar-refractivity contribution in [3.63, 3.8) is 0 Å². The maximum atomic E-state index is 14.5. The SMILES string of the molecule is CCCCCCCCCCCCOc1ccc(/C=N/NC(=O)c2cc(OCCCCCCCCCC)c(OCCCCCCCCCC)c(OCCCCCCCCCC)c2)c(OCCCCCCCCCCCC)c1OCCCCCCCCCCCC. The van der Waals surface area contributed by atoms with Crippen molar-refractivity contribution in [3.8, 4) is 34.5 Å². The Morgan fingerprint density at radius 2 is 0.528 bits per heavy atom. The maximum absolute atomic E-state index is 14.5. The Kier molecular flexibility index (Phi) is 57.8. The molecule has 2 aromatic rings. The number of rotatable bonds is 69. The first-order valence-corrected chi connectivity index (χ1v) is 39.0. The van der Waals surface area contributed by atoms with E-state index in [2.05, 4.69) is 52.1 Å².